The highest BCUT2D eigenvalue weighted by Gasteiger charge is 2.54. The summed E-state index contributed by atoms with van der Waals surface area (Å²) in [7, 11) is 0. The zero-order valence-electron chi connectivity index (χ0n) is 16.5. The summed E-state index contributed by atoms with van der Waals surface area (Å²) in [5.74, 6) is 1.96. The quantitative estimate of drug-likeness (QED) is 0.644. The fourth-order valence-electron chi connectivity index (χ4n) is 4.55. The second-order valence-electron chi connectivity index (χ2n) is 7.94. The van der Waals surface area contributed by atoms with Crippen molar-refractivity contribution in [3.05, 3.63) is 52.5 Å². The van der Waals surface area contributed by atoms with Gasteiger partial charge in [0.15, 0.2) is 11.5 Å². The van der Waals surface area contributed by atoms with Crippen LogP contribution in [0.15, 0.2) is 36.8 Å². The van der Waals surface area contributed by atoms with E-state index in [4.69, 9.17) is 11.6 Å². The van der Waals surface area contributed by atoms with Gasteiger partial charge in [-0.15, -0.1) is 11.3 Å². The number of nitrogens with zero attached hydrogens (tertiary/aromatic N) is 5. The topological polar surface area (TPSA) is 83.9 Å². The number of fused-ring (bicyclic) bond motifs is 2. The minimum absolute atomic E-state index is 0.0363. The molecular formula is C21H21ClN6OS. The number of amides is 1. The monoisotopic (exact) mass is 440 g/mol. The second-order valence-corrected chi connectivity index (χ2v) is 9.58. The Hall–Kier alpha value is -2.58. The Labute approximate surface area is 183 Å². The van der Waals surface area contributed by atoms with Crippen LogP contribution < -0.4 is 5.32 Å². The smallest absolute Gasteiger partial charge is 0.274 e. The first-order chi connectivity index (χ1) is 14.5. The Morgan fingerprint density at radius 3 is 2.83 bits per heavy atom. The molecule has 3 aliphatic rings. The average Bonchev–Trinajstić information content (AvgIpc) is 3.14. The van der Waals surface area contributed by atoms with Gasteiger partial charge in [-0.1, -0.05) is 11.6 Å². The molecule has 0 unspecified atom stereocenters. The number of hydrogen-bond acceptors (Lipinski definition) is 7. The van der Waals surface area contributed by atoms with Crippen LogP contribution in [0.4, 0.5) is 5.82 Å². The highest BCUT2D eigenvalue weighted by molar-refractivity contribution is 7.15. The fraction of sp³-hybridized carbons (Fsp3) is 0.381. The van der Waals surface area contributed by atoms with E-state index in [1.807, 2.05) is 24.0 Å². The highest BCUT2D eigenvalue weighted by Crippen LogP contribution is 2.49. The van der Waals surface area contributed by atoms with Gasteiger partial charge in [0.1, 0.15) is 10.7 Å². The molecule has 7 nitrogen and oxygen atoms in total. The van der Waals surface area contributed by atoms with Gasteiger partial charge in [-0.25, -0.2) is 19.9 Å². The van der Waals surface area contributed by atoms with Crippen molar-refractivity contribution in [2.24, 2.45) is 5.92 Å². The molecule has 0 atom stereocenters. The third-order valence-electron chi connectivity index (χ3n) is 5.95. The van der Waals surface area contributed by atoms with Crippen molar-refractivity contribution in [3.8, 4) is 10.7 Å². The zero-order chi connectivity index (χ0) is 20.7. The maximum absolute atomic E-state index is 13.7. The summed E-state index contributed by atoms with van der Waals surface area (Å²) in [4.78, 5) is 34.0. The standard InChI is InChI=1S/C21H21ClN6OS/c1-13-27-17(18(30-13)19-23-6-2-7-24-19)20(29)28-8-5-14-9-21(28,10-14)12-26-16-4-3-15(22)11-25-16/h2-4,6-7,11,14H,5,8-10,12H2,1H3,(H,25,26). The number of rotatable bonds is 5. The normalized spacial score (nSPS) is 22.5. The molecule has 1 aliphatic carbocycles. The number of nitrogens with one attached hydrogen (secondary N) is 1. The van der Waals surface area contributed by atoms with Crippen molar-refractivity contribution in [1.29, 1.82) is 0 Å². The molecule has 0 aromatic carbocycles. The lowest BCUT2D eigenvalue weighted by molar-refractivity contribution is -0.0489. The number of carbonyl (C=O) groups excluding carboxylic acids is 1. The van der Waals surface area contributed by atoms with E-state index in [1.165, 1.54) is 11.3 Å². The minimum atomic E-state index is -0.215. The molecule has 6 rings (SSSR count). The van der Waals surface area contributed by atoms with E-state index in [9.17, 15) is 4.79 Å². The minimum Gasteiger partial charge on any atom is -0.368 e. The average molecular weight is 441 g/mol. The Kier molecular flexibility index (Phi) is 4.91. The van der Waals surface area contributed by atoms with E-state index in [0.717, 1.165) is 41.5 Å². The molecule has 5 heterocycles. The lowest BCUT2D eigenvalue weighted by Gasteiger charge is -2.59. The number of anilines is 1. The van der Waals surface area contributed by atoms with Crippen LogP contribution in [-0.2, 0) is 0 Å². The summed E-state index contributed by atoms with van der Waals surface area (Å²) >= 11 is 7.40. The van der Waals surface area contributed by atoms with E-state index in [2.05, 4.69) is 25.3 Å². The predicted octanol–water partition coefficient (Wildman–Crippen LogP) is 4.06. The van der Waals surface area contributed by atoms with Crippen LogP contribution in [0.5, 0.6) is 0 Å². The Morgan fingerprint density at radius 1 is 1.30 bits per heavy atom. The van der Waals surface area contributed by atoms with Crippen molar-refractivity contribution in [2.75, 3.05) is 18.4 Å². The molecule has 2 saturated heterocycles. The third kappa shape index (κ3) is 3.44. The lowest BCUT2D eigenvalue weighted by atomic mass is 9.62. The van der Waals surface area contributed by atoms with Gasteiger partial charge >= 0.3 is 0 Å². The first kappa shape index (κ1) is 19.4. The molecule has 9 heteroatoms. The molecule has 154 valence electrons. The van der Waals surface area contributed by atoms with E-state index in [-0.39, 0.29) is 11.4 Å². The van der Waals surface area contributed by atoms with Crippen molar-refractivity contribution >= 4 is 34.7 Å². The summed E-state index contributed by atoms with van der Waals surface area (Å²) in [6.07, 6.45) is 8.03. The van der Waals surface area contributed by atoms with Crippen LogP contribution in [0.1, 0.15) is 34.8 Å². The molecule has 3 fully saturated rings. The van der Waals surface area contributed by atoms with Crippen molar-refractivity contribution in [2.45, 2.75) is 31.7 Å². The molecule has 1 saturated carbocycles. The molecular weight excluding hydrogens is 420 g/mol. The summed E-state index contributed by atoms with van der Waals surface area (Å²) in [5, 5.41) is 4.84. The summed E-state index contributed by atoms with van der Waals surface area (Å²) in [5.41, 5.74) is 0.242. The summed E-state index contributed by atoms with van der Waals surface area (Å²) < 4.78 is 0. The highest BCUT2D eigenvalue weighted by atomic mass is 35.5. The van der Waals surface area contributed by atoms with Gasteiger partial charge in [0, 0.05) is 31.7 Å². The van der Waals surface area contributed by atoms with Gasteiger partial charge in [-0.05, 0) is 50.3 Å². The third-order valence-corrected chi connectivity index (χ3v) is 7.14. The van der Waals surface area contributed by atoms with E-state index in [1.54, 1.807) is 24.7 Å². The number of hydrogen-bond donors (Lipinski definition) is 1. The molecule has 0 spiro atoms. The van der Waals surface area contributed by atoms with Gasteiger partial charge in [-0.2, -0.15) is 0 Å². The van der Waals surface area contributed by atoms with Crippen molar-refractivity contribution < 1.29 is 4.79 Å². The van der Waals surface area contributed by atoms with Crippen molar-refractivity contribution in [1.82, 2.24) is 24.8 Å². The van der Waals surface area contributed by atoms with Gasteiger partial charge in [0.05, 0.1) is 15.6 Å². The van der Waals surface area contributed by atoms with Gasteiger partial charge in [0.2, 0.25) is 0 Å². The molecule has 0 radical (unpaired) electrons. The molecule has 30 heavy (non-hydrogen) atoms. The Bertz CT molecular complexity index is 1060. The van der Waals surface area contributed by atoms with E-state index in [0.29, 0.717) is 29.0 Å². The molecule has 3 aromatic heterocycles. The van der Waals surface area contributed by atoms with Crippen LogP contribution in [-0.4, -0.2) is 49.4 Å². The zero-order valence-corrected chi connectivity index (χ0v) is 18.1. The molecule has 2 aliphatic heterocycles. The molecule has 1 amide bonds. The number of carbonyl (C=O) groups is 1. The van der Waals surface area contributed by atoms with Crippen LogP contribution in [0, 0.1) is 12.8 Å². The van der Waals surface area contributed by atoms with Gasteiger partial charge in [0.25, 0.3) is 5.91 Å². The van der Waals surface area contributed by atoms with Crippen LogP contribution in [0.2, 0.25) is 5.02 Å². The number of aryl methyl sites for hydroxylation is 1. The molecule has 1 N–H and O–H groups in total. The predicted molar refractivity (Wildman–Crippen MR) is 117 cm³/mol. The van der Waals surface area contributed by atoms with Gasteiger partial charge < -0.3 is 10.2 Å². The Morgan fingerprint density at radius 2 is 2.10 bits per heavy atom. The largest absolute Gasteiger partial charge is 0.368 e. The number of thiazole rings is 1. The maximum Gasteiger partial charge on any atom is 0.274 e. The van der Waals surface area contributed by atoms with Crippen LogP contribution in [0.25, 0.3) is 10.7 Å². The number of pyridine rings is 1. The first-order valence-electron chi connectivity index (χ1n) is 9.96. The number of piperidine rings is 2. The number of halogens is 1. The summed E-state index contributed by atoms with van der Waals surface area (Å²) in [6.45, 7) is 3.31. The van der Waals surface area contributed by atoms with Crippen LogP contribution in [0.3, 0.4) is 0 Å². The Balaban J connectivity index is 1.41. The van der Waals surface area contributed by atoms with Crippen LogP contribution >= 0.6 is 22.9 Å². The summed E-state index contributed by atoms with van der Waals surface area (Å²) in [6, 6.07) is 5.44. The van der Waals surface area contributed by atoms with E-state index < -0.39 is 0 Å². The lowest BCUT2D eigenvalue weighted by Crippen LogP contribution is -2.67. The second kappa shape index (κ2) is 7.59. The SMILES string of the molecule is Cc1nc(C(=O)N2CCC3CC2(CNc2ccc(Cl)cn2)C3)c(-c2ncccn2)s1. The maximum atomic E-state index is 13.7. The first-order valence-corrected chi connectivity index (χ1v) is 11.2. The van der Waals surface area contributed by atoms with Crippen molar-refractivity contribution in [3.63, 3.8) is 0 Å². The van der Waals surface area contributed by atoms with Gasteiger partial charge in [-0.3, -0.25) is 4.79 Å². The van der Waals surface area contributed by atoms with E-state index >= 15 is 0 Å². The fourth-order valence-corrected chi connectivity index (χ4v) is 5.52. The molecule has 3 aromatic rings. The number of aromatic nitrogens is 4. The molecule has 2 bridgehead atoms.